The average Bonchev–Trinajstić information content (AvgIpc) is 2.87. The summed E-state index contributed by atoms with van der Waals surface area (Å²) in [6.45, 7) is 1.53. The summed E-state index contributed by atoms with van der Waals surface area (Å²) in [5.74, 6) is -3.15. The molecule has 1 aliphatic carbocycles. The largest absolute Gasteiger partial charge is 0.391 e. The predicted molar refractivity (Wildman–Crippen MR) is 90.6 cm³/mol. The molecule has 0 bridgehead atoms. The maximum atomic E-state index is 12.9. The van der Waals surface area contributed by atoms with Crippen molar-refractivity contribution in [3.05, 3.63) is 29.8 Å². The fourth-order valence-corrected chi connectivity index (χ4v) is 3.62. The molecule has 3 N–H and O–H groups in total. The Morgan fingerprint density at radius 1 is 1.26 bits per heavy atom. The van der Waals surface area contributed by atoms with E-state index < -0.39 is 41.4 Å². The molecule has 0 unspecified atom stereocenters. The van der Waals surface area contributed by atoms with Gasteiger partial charge in [0.05, 0.1) is 5.92 Å². The maximum absolute atomic E-state index is 12.9. The molecular formula is C18H20F3N3O3. The Balaban J connectivity index is 1.72. The molecule has 1 aromatic rings. The number of benzene rings is 1. The van der Waals surface area contributed by atoms with E-state index in [1.807, 2.05) is 0 Å². The number of nitrogens with one attached hydrogen (secondary N) is 3. The molecule has 0 aromatic heterocycles. The molecule has 1 aromatic carbocycles. The number of halogens is 3. The van der Waals surface area contributed by atoms with Crippen molar-refractivity contribution in [1.82, 2.24) is 10.6 Å². The van der Waals surface area contributed by atoms with Crippen LogP contribution in [0.1, 0.15) is 38.2 Å². The van der Waals surface area contributed by atoms with E-state index in [9.17, 15) is 27.6 Å². The molecule has 1 heterocycles. The highest BCUT2D eigenvalue weighted by Gasteiger charge is 2.44. The topological polar surface area (TPSA) is 87.3 Å². The van der Waals surface area contributed by atoms with Crippen molar-refractivity contribution in [3.63, 3.8) is 0 Å². The van der Waals surface area contributed by atoms with Crippen LogP contribution in [0.3, 0.4) is 0 Å². The monoisotopic (exact) mass is 383 g/mol. The van der Waals surface area contributed by atoms with Gasteiger partial charge in [-0.15, -0.1) is 0 Å². The predicted octanol–water partition coefficient (Wildman–Crippen LogP) is 3.05. The molecule has 9 heteroatoms. The normalized spacial score (nSPS) is 28.4. The molecule has 4 amide bonds. The second-order valence-corrected chi connectivity index (χ2v) is 7.21. The first-order chi connectivity index (χ1) is 12.6. The number of urea groups is 1. The molecular weight excluding hydrogens is 363 g/mol. The van der Waals surface area contributed by atoms with Crippen molar-refractivity contribution in [2.45, 2.75) is 44.3 Å². The zero-order valence-corrected chi connectivity index (χ0v) is 14.7. The molecule has 1 saturated heterocycles. The van der Waals surface area contributed by atoms with Crippen LogP contribution in [0.4, 0.5) is 23.7 Å². The third-order valence-corrected chi connectivity index (χ3v) is 5.26. The van der Waals surface area contributed by atoms with Gasteiger partial charge in [0.2, 0.25) is 5.91 Å². The lowest BCUT2D eigenvalue weighted by Gasteiger charge is -2.29. The third kappa shape index (κ3) is 3.91. The highest BCUT2D eigenvalue weighted by molar-refractivity contribution is 6.07. The van der Waals surface area contributed by atoms with Crippen LogP contribution in [0.2, 0.25) is 0 Å². The summed E-state index contributed by atoms with van der Waals surface area (Å²) in [5.41, 5.74) is -0.452. The van der Waals surface area contributed by atoms with Gasteiger partial charge in [-0.3, -0.25) is 14.9 Å². The third-order valence-electron chi connectivity index (χ3n) is 5.26. The first-order valence-electron chi connectivity index (χ1n) is 8.71. The quantitative estimate of drug-likeness (QED) is 0.701. The van der Waals surface area contributed by atoms with E-state index in [0.29, 0.717) is 24.1 Å². The first kappa shape index (κ1) is 19.2. The van der Waals surface area contributed by atoms with Crippen LogP contribution < -0.4 is 16.0 Å². The molecule has 6 nitrogen and oxygen atoms in total. The molecule has 27 heavy (non-hydrogen) atoms. The standard InChI is InChI=1S/C18H20F3N3O3/c1-17(15(26)23-16(27)24-17)11-5-3-7-13(9-11)22-14(25)10-4-2-6-12(8-10)18(19,20)21/h3,5,7,9-10,12H,2,4,6,8H2,1H3,(H,22,25)(H2,23,24,26,27)/t10-,12-,17+/m0/s1. The second kappa shape index (κ2) is 6.86. The van der Waals surface area contributed by atoms with E-state index in [1.165, 1.54) is 13.0 Å². The Hall–Kier alpha value is -2.58. The molecule has 2 fully saturated rings. The Bertz CT molecular complexity index is 781. The minimum absolute atomic E-state index is 0.0515. The smallest absolute Gasteiger partial charge is 0.326 e. The van der Waals surface area contributed by atoms with E-state index in [0.717, 1.165) is 0 Å². The van der Waals surface area contributed by atoms with Crippen molar-refractivity contribution in [1.29, 1.82) is 0 Å². The van der Waals surface area contributed by atoms with Gasteiger partial charge in [0.25, 0.3) is 5.91 Å². The van der Waals surface area contributed by atoms with Crippen molar-refractivity contribution >= 4 is 23.5 Å². The van der Waals surface area contributed by atoms with Crippen molar-refractivity contribution in [2.75, 3.05) is 5.32 Å². The second-order valence-electron chi connectivity index (χ2n) is 7.21. The van der Waals surface area contributed by atoms with Gasteiger partial charge >= 0.3 is 12.2 Å². The number of anilines is 1. The molecule has 3 atom stereocenters. The summed E-state index contributed by atoms with van der Waals surface area (Å²) in [6, 6.07) is 5.74. The summed E-state index contributed by atoms with van der Waals surface area (Å²) >= 11 is 0. The molecule has 2 aliphatic rings. The van der Waals surface area contributed by atoms with Crippen molar-refractivity contribution in [2.24, 2.45) is 11.8 Å². The van der Waals surface area contributed by atoms with Gasteiger partial charge < -0.3 is 10.6 Å². The van der Waals surface area contributed by atoms with Crippen LogP contribution in [-0.4, -0.2) is 24.0 Å². The number of rotatable bonds is 3. The molecule has 1 aliphatic heterocycles. The van der Waals surface area contributed by atoms with E-state index in [2.05, 4.69) is 16.0 Å². The molecule has 0 radical (unpaired) electrons. The minimum Gasteiger partial charge on any atom is -0.326 e. The lowest BCUT2D eigenvalue weighted by molar-refractivity contribution is -0.185. The van der Waals surface area contributed by atoms with Gasteiger partial charge in [-0.05, 0) is 43.9 Å². The summed E-state index contributed by atoms with van der Waals surface area (Å²) in [6.07, 6.45) is -3.69. The number of carbonyl (C=O) groups is 3. The highest BCUT2D eigenvalue weighted by atomic mass is 19.4. The molecule has 3 rings (SSSR count). The van der Waals surface area contributed by atoms with E-state index in [1.54, 1.807) is 18.2 Å². The van der Waals surface area contributed by atoms with Crippen molar-refractivity contribution in [3.8, 4) is 0 Å². The minimum atomic E-state index is -4.29. The van der Waals surface area contributed by atoms with E-state index in [-0.39, 0.29) is 12.8 Å². The van der Waals surface area contributed by atoms with Crippen molar-refractivity contribution < 1.29 is 27.6 Å². The molecule has 146 valence electrons. The summed E-state index contributed by atoms with van der Waals surface area (Å²) in [4.78, 5) is 35.9. The molecule has 1 saturated carbocycles. The van der Waals surface area contributed by atoms with Crippen LogP contribution in [0.5, 0.6) is 0 Å². The lowest BCUT2D eigenvalue weighted by Crippen LogP contribution is -2.40. The zero-order chi connectivity index (χ0) is 19.8. The Labute approximate surface area is 153 Å². The fourth-order valence-electron chi connectivity index (χ4n) is 3.62. The number of amides is 4. The fraction of sp³-hybridized carbons (Fsp3) is 0.500. The number of carbonyl (C=O) groups excluding carboxylic acids is 3. The van der Waals surface area contributed by atoms with Crippen LogP contribution in [0, 0.1) is 11.8 Å². The SMILES string of the molecule is C[C@]1(c2cccc(NC(=O)[C@H]3CCC[C@H](C(F)(F)F)C3)c2)NC(=O)NC1=O. The first-order valence-corrected chi connectivity index (χ1v) is 8.71. The summed E-state index contributed by atoms with van der Waals surface area (Å²) < 4.78 is 38.8. The Morgan fingerprint density at radius 2 is 2.00 bits per heavy atom. The summed E-state index contributed by atoms with van der Waals surface area (Å²) in [7, 11) is 0. The maximum Gasteiger partial charge on any atom is 0.391 e. The number of hydrogen-bond donors (Lipinski definition) is 3. The van der Waals surface area contributed by atoms with Gasteiger partial charge in [-0.25, -0.2) is 4.79 Å². The number of hydrogen-bond acceptors (Lipinski definition) is 3. The van der Waals surface area contributed by atoms with Gasteiger partial charge in [0.15, 0.2) is 0 Å². The van der Waals surface area contributed by atoms with E-state index >= 15 is 0 Å². The van der Waals surface area contributed by atoms with Gasteiger partial charge in [0, 0.05) is 11.6 Å². The number of imide groups is 1. The van der Waals surface area contributed by atoms with Crippen LogP contribution in [0.15, 0.2) is 24.3 Å². The van der Waals surface area contributed by atoms with Gasteiger partial charge in [-0.2, -0.15) is 13.2 Å². The van der Waals surface area contributed by atoms with Gasteiger partial charge in [0.1, 0.15) is 5.54 Å². The number of alkyl halides is 3. The highest BCUT2D eigenvalue weighted by Crippen LogP contribution is 2.40. The summed E-state index contributed by atoms with van der Waals surface area (Å²) in [5, 5.41) is 7.32. The van der Waals surface area contributed by atoms with Crippen LogP contribution in [-0.2, 0) is 15.1 Å². The van der Waals surface area contributed by atoms with Gasteiger partial charge in [-0.1, -0.05) is 18.6 Å². The lowest BCUT2D eigenvalue weighted by atomic mass is 9.80. The average molecular weight is 383 g/mol. The Kier molecular flexibility index (Phi) is 4.88. The molecule has 0 spiro atoms. The van der Waals surface area contributed by atoms with Crippen LogP contribution in [0.25, 0.3) is 0 Å². The zero-order valence-electron chi connectivity index (χ0n) is 14.7. The van der Waals surface area contributed by atoms with E-state index in [4.69, 9.17) is 0 Å². The Morgan fingerprint density at radius 3 is 2.63 bits per heavy atom. The van der Waals surface area contributed by atoms with Crippen LogP contribution >= 0.6 is 0 Å².